The fourth-order valence-corrected chi connectivity index (χ4v) is 2.86. The van der Waals surface area contributed by atoms with E-state index in [0.717, 1.165) is 13.1 Å². The monoisotopic (exact) mass is 257 g/mol. The molecule has 0 radical (unpaired) electrons. The standard InChI is InChI=1S/C14H19N5/c1-11-2-4-12(5-3-11)14(19-10-16-17-18-19)13-6-8-15-9-7-13/h2-5,10,13-15H,6-9H2,1H3/t14-/m0/s1. The maximum Gasteiger partial charge on any atom is 0.138 e. The van der Waals surface area contributed by atoms with Gasteiger partial charge in [-0.15, -0.1) is 5.10 Å². The molecule has 0 aliphatic carbocycles. The molecule has 1 N–H and O–H groups in total. The van der Waals surface area contributed by atoms with Gasteiger partial charge in [0.15, 0.2) is 0 Å². The molecule has 2 heterocycles. The summed E-state index contributed by atoms with van der Waals surface area (Å²) in [5, 5.41) is 15.1. The lowest BCUT2D eigenvalue weighted by molar-refractivity contribution is 0.274. The number of aryl methyl sites for hydroxylation is 1. The predicted octanol–water partition coefficient (Wildman–Crippen LogP) is 1.57. The summed E-state index contributed by atoms with van der Waals surface area (Å²) in [6.45, 7) is 4.27. The smallest absolute Gasteiger partial charge is 0.138 e. The van der Waals surface area contributed by atoms with Crippen LogP contribution < -0.4 is 5.32 Å². The van der Waals surface area contributed by atoms with Gasteiger partial charge in [-0.1, -0.05) is 29.8 Å². The molecule has 3 rings (SSSR count). The zero-order valence-electron chi connectivity index (χ0n) is 11.2. The van der Waals surface area contributed by atoms with Crippen molar-refractivity contribution in [3.63, 3.8) is 0 Å². The van der Waals surface area contributed by atoms with Gasteiger partial charge < -0.3 is 5.32 Å². The van der Waals surface area contributed by atoms with E-state index in [1.807, 2.05) is 4.68 Å². The number of aromatic nitrogens is 4. The Labute approximate surface area is 113 Å². The summed E-state index contributed by atoms with van der Waals surface area (Å²) in [7, 11) is 0. The number of benzene rings is 1. The van der Waals surface area contributed by atoms with Gasteiger partial charge >= 0.3 is 0 Å². The molecule has 0 spiro atoms. The minimum atomic E-state index is 0.248. The molecule has 0 unspecified atom stereocenters. The molecule has 1 aromatic heterocycles. The average Bonchev–Trinajstić information content (AvgIpc) is 2.96. The Morgan fingerprint density at radius 3 is 2.58 bits per heavy atom. The zero-order chi connectivity index (χ0) is 13.1. The first-order valence-corrected chi connectivity index (χ1v) is 6.84. The Morgan fingerprint density at radius 2 is 1.95 bits per heavy atom. The van der Waals surface area contributed by atoms with Gasteiger partial charge in [0.25, 0.3) is 0 Å². The second-order valence-corrected chi connectivity index (χ2v) is 5.23. The molecule has 1 aliphatic heterocycles. The molecule has 1 fully saturated rings. The van der Waals surface area contributed by atoms with Crippen LogP contribution in [-0.2, 0) is 0 Å². The fraction of sp³-hybridized carbons (Fsp3) is 0.500. The minimum absolute atomic E-state index is 0.248. The number of tetrazole rings is 1. The number of piperidine rings is 1. The molecular formula is C14H19N5. The maximum absolute atomic E-state index is 4.13. The largest absolute Gasteiger partial charge is 0.317 e. The summed E-state index contributed by atoms with van der Waals surface area (Å²) in [4.78, 5) is 0. The van der Waals surface area contributed by atoms with E-state index in [1.54, 1.807) is 6.33 Å². The van der Waals surface area contributed by atoms with Crippen LogP contribution in [0.4, 0.5) is 0 Å². The van der Waals surface area contributed by atoms with Crippen molar-refractivity contribution in [3.05, 3.63) is 41.7 Å². The van der Waals surface area contributed by atoms with Crippen molar-refractivity contribution in [3.8, 4) is 0 Å². The van der Waals surface area contributed by atoms with Crippen LogP contribution in [0.3, 0.4) is 0 Å². The number of nitrogens with zero attached hydrogens (tertiary/aromatic N) is 4. The zero-order valence-corrected chi connectivity index (χ0v) is 11.2. The van der Waals surface area contributed by atoms with Gasteiger partial charge in [-0.25, -0.2) is 4.68 Å². The Bertz CT molecular complexity index is 499. The van der Waals surface area contributed by atoms with Crippen LogP contribution in [0.5, 0.6) is 0 Å². The van der Waals surface area contributed by atoms with Gasteiger partial charge in [-0.2, -0.15) is 0 Å². The molecule has 5 heteroatoms. The first-order valence-electron chi connectivity index (χ1n) is 6.84. The lowest BCUT2D eigenvalue weighted by Crippen LogP contribution is -2.33. The van der Waals surface area contributed by atoms with Gasteiger partial charge in [0.05, 0.1) is 6.04 Å². The van der Waals surface area contributed by atoms with Crippen molar-refractivity contribution in [2.45, 2.75) is 25.8 Å². The molecule has 1 saturated heterocycles. The summed E-state index contributed by atoms with van der Waals surface area (Å²) in [6.07, 6.45) is 4.06. The minimum Gasteiger partial charge on any atom is -0.317 e. The van der Waals surface area contributed by atoms with Crippen LogP contribution in [-0.4, -0.2) is 33.3 Å². The molecule has 100 valence electrons. The maximum atomic E-state index is 4.13. The van der Waals surface area contributed by atoms with Crippen LogP contribution >= 0.6 is 0 Å². The summed E-state index contributed by atoms with van der Waals surface area (Å²) in [6, 6.07) is 8.97. The Kier molecular flexibility index (Phi) is 3.55. The lowest BCUT2D eigenvalue weighted by atomic mass is 9.86. The normalized spacial score (nSPS) is 18.4. The summed E-state index contributed by atoms with van der Waals surface area (Å²) in [5.41, 5.74) is 2.58. The average molecular weight is 257 g/mol. The third kappa shape index (κ3) is 2.66. The molecule has 2 aromatic rings. The number of hydrogen-bond donors (Lipinski definition) is 1. The molecule has 19 heavy (non-hydrogen) atoms. The quantitative estimate of drug-likeness (QED) is 0.907. The molecule has 1 atom stereocenters. The Hall–Kier alpha value is -1.75. The van der Waals surface area contributed by atoms with E-state index in [2.05, 4.69) is 52.0 Å². The number of nitrogens with one attached hydrogen (secondary N) is 1. The Morgan fingerprint density at radius 1 is 1.21 bits per heavy atom. The van der Waals surface area contributed by atoms with Gasteiger partial charge in [-0.3, -0.25) is 0 Å². The first kappa shape index (κ1) is 12.3. The third-order valence-corrected chi connectivity index (χ3v) is 3.90. The van der Waals surface area contributed by atoms with Crippen molar-refractivity contribution >= 4 is 0 Å². The van der Waals surface area contributed by atoms with Crippen LogP contribution in [0, 0.1) is 12.8 Å². The van der Waals surface area contributed by atoms with Crippen LogP contribution in [0.1, 0.15) is 30.0 Å². The van der Waals surface area contributed by atoms with E-state index in [1.165, 1.54) is 24.0 Å². The van der Waals surface area contributed by atoms with Crippen molar-refractivity contribution < 1.29 is 0 Å². The molecule has 0 amide bonds. The summed E-state index contributed by atoms with van der Waals surface area (Å²) >= 11 is 0. The van der Waals surface area contributed by atoms with Crippen LogP contribution in [0.2, 0.25) is 0 Å². The highest BCUT2D eigenvalue weighted by Gasteiger charge is 2.27. The van der Waals surface area contributed by atoms with Gasteiger partial charge in [0.2, 0.25) is 0 Å². The van der Waals surface area contributed by atoms with E-state index < -0.39 is 0 Å². The highest BCUT2D eigenvalue weighted by atomic mass is 15.5. The SMILES string of the molecule is Cc1ccc([C@@H](C2CCNCC2)n2cnnn2)cc1. The van der Waals surface area contributed by atoms with E-state index in [4.69, 9.17) is 0 Å². The molecule has 1 aliphatic rings. The summed E-state index contributed by atoms with van der Waals surface area (Å²) in [5.74, 6) is 0.590. The van der Waals surface area contributed by atoms with Crippen molar-refractivity contribution in [1.82, 2.24) is 25.5 Å². The van der Waals surface area contributed by atoms with Crippen molar-refractivity contribution in [2.75, 3.05) is 13.1 Å². The molecule has 1 aromatic carbocycles. The molecular weight excluding hydrogens is 238 g/mol. The van der Waals surface area contributed by atoms with E-state index in [9.17, 15) is 0 Å². The number of rotatable bonds is 3. The van der Waals surface area contributed by atoms with Gasteiger partial charge in [0.1, 0.15) is 6.33 Å². The topological polar surface area (TPSA) is 55.6 Å². The first-order chi connectivity index (χ1) is 9.34. The number of hydrogen-bond acceptors (Lipinski definition) is 4. The molecule has 5 nitrogen and oxygen atoms in total. The van der Waals surface area contributed by atoms with E-state index >= 15 is 0 Å². The highest BCUT2D eigenvalue weighted by Crippen LogP contribution is 2.31. The second kappa shape index (κ2) is 5.48. The Balaban J connectivity index is 1.93. The molecule has 0 bridgehead atoms. The van der Waals surface area contributed by atoms with E-state index in [0.29, 0.717) is 5.92 Å². The highest BCUT2D eigenvalue weighted by molar-refractivity contribution is 5.25. The summed E-state index contributed by atoms with van der Waals surface area (Å²) < 4.78 is 1.90. The van der Waals surface area contributed by atoms with Gasteiger partial charge in [-0.05, 0) is 54.8 Å². The van der Waals surface area contributed by atoms with Crippen molar-refractivity contribution in [1.29, 1.82) is 0 Å². The lowest BCUT2D eigenvalue weighted by Gasteiger charge is -2.30. The van der Waals surface area contributed by atoms with Gasteiger partial charge in [0, 0.05) is 0 Å². The predicted molar refractivity (Wildman–Crippen MR) is 72.7 cm³/mol. The second-order valence-electron chi connectivity index (χ2n) is 5.23. The third-order valence-electron chi connectivity index (χ3n) is 3.90. The molecule has 0 saturated carbocycles. The van der Waals surface area contributed by atoms with E-state index in [-0.39, 0.29) is 6.04 Å². The van der Waals surface area contributed by atoms with Crippen LogP contribution in [0.25, 0.3) is 0 Å². The van der Waals surface area contributed by atoms with Crippen LogP contribution in [0.15, 0.2) is 30.6 Å². The fourth-order valence-electron chi connectivity index (χ4n) is 2.86. The van der Waals surface area contributed by atoms with Crippen molar-refractivity contribution in [2.24, 2.45) is 5.92 Å².